The number of unbranched alkanes of at least 4 members (excludes halogenated alkanes) is 1. The van der Waals surface area contributed by atoms with Gasteiger partial charge in [0.05, 0.1) is 30.3 Å². The maximum absolute atomic E-state index is 12.6. The topological polar surface area (TPSA) is 89.3 Å². The predicted octanol–water partition coefficient (Wildman–Crippen LogP) is 4.60. The lowest BCUT2D eigenvalue weighted by Crippen LogP contribution is -2.30. The van der Waals surface area contributed by atoms with E-state index < -0.39 is 22.9 Å². The van der Waals surface area contributed by atoms with Crippen molar-refractivity contribution in [3.63, 3.8) is 0 Å². The Morgan fingerprint density at radius 3 is 2.82 bits per heavy atom. The van der Waals surface area contributed by atoms with E-state index in [1.165, 1.54) is 11.8 Å². The van der Waals surface area contributed by atoms with Gasteiger partial charge in [0, 0.05) is 22.2 Å². The van der Waals surface area contributed by atoms with Crippen LogP contribution < -0.4 is 0 Å². The minimum absolute atomic E-state index is 0.0389. The van der Waals surface area contributed by atoms with Crippen molar-refractivity contribution < 1.29 is 18.5 Å². The second kappa shape index (κ2) is 14.2. The molecule has 0 fully saturated rings. The Bertz CT molecular complexity index is 1010. The molecule has 2 atom stereocenters. The number of nitrogens with zero attached hydrogens (tertiary/aromatic N) is 2. The van der Waals surface area contributed by atoms with Crippen LogP contribution in [0.25, 0.3) is 0 Å². The van der Waals surface area contributed by atoms with Crippen LogP contribution in [-0.4, -0.2) is 45.1 Å². The molecule has 182 valence electrons. The quantitative estimate of drug-likeness (QED) is 0.293. The van der Waals surface area contributed by atoms with E-state index in [1.54, 1.807) is 0 Å². The van der Waals surface area contributed by atoms with Crippen LogP contribution in [-0.2, 0) is 44.5 Å². The highest BCUT2D eigenvalue weighted by Crippen LogP contribution is 2.27. The number of hydrogen-bond donors (Lipinski definition) is 0. The first-order valence-corrected chi connectivity index (χ1v) is 14.3. The number of carbonyl (C=O) groups excluding carboxylic acids is 1. The zero-order chi connectivity index (χ0) is 24.2. The van der Waals surface area contributed by atoms with E-state index >= 15 is 0 Å². The highest BCUT2D eigenvalue weighted by atomic mass is 32.2. The van der Waals surface area contributed by atoms with Crippen LogP contribution in [0.3, 0.4) is 0 Å². The van der Waals surface area contributed by atoms with Crippen molar-refractivity contribution in [2.45, 2.75) is 63.2 Å². The first-order chi connectivity index (χ1) is 16.6. The lowest BCUT2D eigenvalue weighted by molar-refractivity contribution is -0.147. The van der Waals surface area contributed by atoms with Crippen molar-refractivity contribution in [1.29, 1.82) is 5.26 Å². The van der Waals surface area contributed by atoms with Crippen LogP contribution in [0.5, 0.6) is 0 Å². The molecule has 1 heterocycles. The molecule has 0 amide bonds. The lowest BCUT2D eigenvalue weighted by atomic mass is 9.95. The number of pyridine rings is 1. The number of esters is 1. The van der Waals surface area contributed by atoms with E-state index in [-0.39, 0.29) is 18.1 Å². The summed E-state index contributed by atoms with van der Waals surface area (Å²) >= 11 is 1.22. The lowest BCUT2D eigenvalue weighted by Gasteiger charge is -2.19. The fourth-order valence-corrected chi connectivity index (χ4v) is 5.86. The van der Waals surface area contributed by atoms with Crippen LogP contribution in [0.1, 0.15) is 55.0 Å². The number of thioether (sulfide) groups is 1. The van der Waals surface area contributed by atoms with Crippen molar-refractivity contribution in [2.24, 2.45) is 0 Å². The van der Waals surface area contributed by atoms with E-state index in [1.807, 2.05) is 36.4 Å². The fourth-order valence-electron chi connectivity index (χ4n) is 3.75. The normalized spacial score (nSPS) is 14.6. The van der Waals surface area contributed by atoms with E-state index in [0.29, 0.717) is 22.9 Å². The van der Waals surface area contributed by atoms with E-state index in [9.17, 15) is 14.3 Å². The highest BCUT2D eigenvalue weighted by Gasteiger charge is 2.20. The molecule has 1 aromatic carbocycles. The molecule has 2 unspecified atom stereocenters. The van der Waals surface area contributed by atoms with Crippen LogP contribution in [0, 0.1) is 11.3 Å². The number of carbonyl (C=O) groups is 1. The molecule has 0 bridgehead atoms. The molecule has 8 heteroatoms. The number of hydrogen-bond acceptors (Lipinski definition) is 7. The van der Waals surface area contributed by atoms with Gasteiger partial charge in [-0.05, 0) is 49.3 Å². The van der Waals surface area contributed by atoms with E-state index in [0.717, 1.165) is 55.3 Å². The molecule has 2 aromatic rings. The highest BCUT2D eigenvalue weighted by molar-refractivity contribution is 7.99. The molecule has 0 saturated heterocycles. The number of rotatable bonds is 13. The SMILES string of the molecule is CCCCS(=O)CC(COCc1ccccc1)OC(=O)CSc1nc2c(cc1C#N)CCCC2. The summed E-state index contributed by atoms with van der Waals surface area (Å²) in [5, 5.41) is 10.1. The number of benzene rings is 1. The number of nitriles is 1. The minimum atomic E-state index is -1.08. The van der Waals surface area contributed by atoms with Gasteiger partial charge >= 0.3 is 5.97 Å². The largest absolute Gasteiger partial charge is 0.458 e. The molecule has 0 saturated carbocycles. The average molecular weight is 501 g/mol. The van der Waals surface area contributed by atoms with E-state index in [4.69, 9.17) is 9.47 Å². The monoisotopic (exact) mass is 500 g/mol. The first-order valence-electron chi connectivity index (χ1n) is 11.8. The summed E-state index contributed by atoms with van der Waals surface area (Å²) in [6.07, 6.45) is 5.32. The zero-order valence-corrected chi connectivity index (χ0v) is 21.3. The number of aromatic nitrogens is 1. The van der Waals surface area contributed by atoms with Gasteiger partial charge in [0.1, 0.15) is 17.2 Å². The molecular formula is C26H32N2O4S2. The van der Waals surface area contributed by atoms with Crippen LogP contribution >= 0.6 is 11.8 Å². The van der Waals surface area contributed by atoms with Gasteiger partial charge in [0.2, 0.25) is 0 Å². The molecule has 6 nitrogen and oxygen atoms in total. The van der Waals surface area contributed by atoms with Gasteiger partial charge in [-0.2, -0.15) is 5.26 Å². The molecule has 34 heavy (non-hydrogen) atoms. The van der Waals surface area contributed by atoms with Crippen LogP contribution in [0.4, 0.5) is 0 Å². The molecule has 0 N–H and O–H groups in total. The summed E-state index contributed by atoms with van der Waals surface area (Å²) in [4.78, 5) is 17.3. The Hall–Kier alpha value is -2.21. The van der Waals surface area contributed by atoms with Gasteiger partial charge in [-0.15, -0.1) is 0 Å². The van der Waals surface area contributed by atoms with Gasteiger partial charge in [-0.25, -0.2) is 4.98 Å². The first kappa shape index (κ1) is 26.4. The summed E-state index contributed by atoms with van der Waals surface area (Å²) < 4.78 is 23.9. The van der Waals surface area contributed by atoms with Gasteiger partial charge in [-0.1, -0.05) is 55.4 Å². The maximum Gasteiger partial charge on any atom is 0.316 e. The predicted molar refractivity (Wildman–Crippen MR) is 135 cm³/mol. The third-order valence-corrected chi connectivity index (χ3v) is 7.98. The Kier molecular flexibility index (Phi) is 11.1. The van der Waals surface area contributed by atoms with Crippen LogP contribution in [0.15, 0.2) is 41.4 Å². The molecule has 0 radical (unpaired) electrons. The van der Waals surface area contributed by atoms with Crippen molar-refractivity contribution in [3.05, 3.63) is 58.8 Å². The Morgan fingerprint density at radius 1 is 1.26 bits per heavy atom. The third-order valence-electron chi connectivity index (χ3n) is 5.52. The Morgan fingerprint density at radius 2 is 2.06 bits per heavy atom. The van der Waals surface area contributed by atoms with E-state index in [2.05, 4.69) is 18.0 Å². The summed E-state index contributed by atoms with van der Waals surface area (Å²) in [5.41, 5.74) is 3.69. The maximum atomic E-state index is 12.6. The fraction of sp³-hybridized carbons (Fsp3) is 0.500. The molecule has 1 aliphatic carbocycles. The number of ether oxygens (including phenoxy) is 2. The van der Waals surface area contributed by atoms with Gasteiger partial charge in [0.25, 0.3) is 0 Å². The van der Waals surface area contributed by atoms with Crippen LogP contribution in [0.2, 0.25) is 0 Å². The second-order valence-corrected chi connectivity index (χ2v) is 10.9. The van der Waals surface area contributed by atoms with Crippen molar-refractivity contribution in [2.75, 3.05) is 23.9 Å². The van der Waals surface area contributed by atoms with Gasteiger partial charge in [0.15, 0.2) is 0 Å². The molecule has 0 spiro atoms. The molecule has 0 aliphatic heterocycles. The summed E-state index contributed by atoms with van der Waals surface area (Å²) in [6, 6.07) is 13.9. The zero-order valence-electron chi connectivity index (χ0n) is 19.7. The Balaban J connectivity index is 1.56. The molecule has 3 rings (SSSR count). The smallest absolute Gasteiger partial charge is 0.316 e. The average Bonchev–Trinajstić information content (AvgIpc) is 2.86. The second-order valence-electron chi connectivity index (χ2n) is 8.33. The number of fused-ring (bicyclic) bond motifs is 1. The summed E-state index contributed by atoms with van der Waals surface area (Å²) in [5.74, 6) is 0.458. The van der Waals surface area contributed by atoms with Gasteiger partial charge in [-0.3, -0.25) is 9.00 Å². The standard InChI is InChI=1S/C26H32N2O4S2/c1-2-3-13-34(30)19-23(17-31-16-20-9-5-4-6-10-20)32-25(29)18-33-26-22(15-27)14-21-11-7-8-12-24(21)28-26/h4-6,9-10,14,23H,2-3,7-8,11-13,16-19H2,1H3. The molecular weight excluding hydrogens is 468 g/mol. The third kappa shape index (κ3) is 8.53. The van der Waals surface area contributed by atoms with Crippen molar-refractivity contribution in [3.8, 4) is 6.07 Å². The summed E-state index contributed by atoms with van der Waals surface area (Å²) in [6.45, 7) is 2.64. The Labute approximate surface area is 208 Å². The van der Waals surface area contributed by atoms with Crippen molar-refractivity contribution >= 4 is 28.5 Å². The van der Waals surface area contributed by atoms with Gasteiger partial charge < -0.3 is 9.47 Å². The van der Waals surface area contributed by atoms with Crippen molar-refractivity contribution in [1.82, 2.24) is 4.98 Å². The molecule has 1 aromatic heterocycles. The minimum Gasteiger partial charge on any atom is -0.458 e. The summed E-state index contributed by atoms with van der Waals surface area (Å²) in [7, 11) is -1.08. The number of aryl methyl sites for hydroxylation is 2. The molecule has 1 aliphatic rings.